The van der Waals surface area contributed by atoms with E-state index in [1.165, 1.54) is 5.69 Å². The molecule has 76 valence electrons. The normalized spacial score (nSPS) is 16.9. The standard InChI is InChI=1S/C11H17N3/c1-8-3-11(4-9(2)13-8)14-6-10(5-12)7-14/h3-4,10H,5-7,12H2,1-2H3. The van der Waals surface area contributed by atoms with Crippen LogP contribution < -0.4 is 10.6 Å². The zero-order valence-corrected chi connectivity index (χ0v) is 8.83. The Bertz CT molecular complexity index is 309. The molecule has 3 heteroatoms. The smallest absolute Gasteiger partial charge is 0.0402 e. The number of nitrogens with zero attached hydrogens (tertiary/aromatic N) is 2. The van der Waals surface area contributed by atoms with Crippen molar-refractivity contribution in [3.8, 4) is 0 Å². The number of pyridine rings is 1. The van der Waals surface area contributed by atoms with Gasteiger partial charge in [-0.1, -0.05) is 0 Å². The van der Waals surface area contributed by atoms with E-state index in [4.69, 9.17) is 5.73 Å². The molecular formula is C11H17N3. The third-order valence-electron chi connectivity index (χ3n) is 2.72. The summed E-state index contributed by atoms with van der Waals surface area (Å²) in [5, 5.41) is 0. The molecule has 3 nitrogen and oxygen atoms in total. The van der Waals surface area contributed by atoms with Gasteiger partial charge in [0, 0.05) is 36.1 Å². The minimum absolute atomic E-state index is 0.684. The predicted octanol–water partition coefficient (Wildman–Crippen LogP) is 1.09. The lowest BCUT2D eigenvalue weighted by Crippen LogP contribution is -2.50. The number of aryl methyl sites for hydroxylation is 2. The second kappa shape index (κ2) is 3.58. The van der Waals surface area contributed by atoms with Crippen LogP contribution in [0.25, 0.3) is 0 Å². The molecule has 2 N–H and O–H groups in total. The van der Waals surface area contributed by atoms with Crippen molar-refractivity contribution >= 4 is 5.69 Å². The largest absolute Gasteiger partial charge is 0.371 e. The second-order valence-electron chi connectivity index (χ2n) is 4.11. The highest BCUT2D eigenvalue weighted by atomic mass is 15.2. The molecule has 0 bridgehead atoms. The van der Waals surface area contributed by atoms with Gasteiger partial charge in [-0.3, -0.25) is 4.98 Å². The molecule has 0 radical (unpaired) electrons. The van der Waals surface area contributed by atoms with Crippen molar-refractivity contribution in [2.45, 2.75) is 13.8 Å². The van der Waals surface area contributed by atoms with Crippen molar-refractivity contribution in [3.63, 3.8) is 0 Å². The zero-order valence-electron chi connectivity index (χ0n) is 8.83. The first-order valence-corrected chi connectivity index (χ1v) is 5.09. The summed E-state index contributed by atoms with van der Waals surface area (Å²) in [4.78, 5) is 6.72. The molecular weight excluding hydrogens is 174 g/mol. The SMILES string of the molecule is Cc1cc(N2CC(CN)C2)cc(C)n1. The maximum Gasteiger partial charge on any atom is 0.0402 e. The van der Waals surface area contributed by atoms with Gasteiger partial charge in [-0.15, -0.1) is 0 Å². The maximum absolute atomic E-state index is 5.59. The first kappa shape index (κ1) is 9.46. The molecule has 0 unspecified atom stereocenters. The fourth-order valence-electron chi connectivity index (χ4n) is 1.92. The molecule has 1 saturated heterocycles. The van der Waals surface area contributed by atoms with Gasteiger partial charge >= 0.3 is 0 Å². The molecule has 0 spiro atoms. The highest BCUT2D eigenvalue weighted by molar-refractivity contribution is 5.50. The Balaban J connectivity index is 2.10. The lowest BCUT2D eigenvalue weighted by atomic mass is 9.99. The molecule has 1 aromatic rings. The Morgan fingerprint density at radius 2 is 1.93 bits per heavy atom. The van der Waals surface area contributed by atoms with Crippen LogP contribution in [0.3, 0.4) is 0 Å². The lowest BCUT2D eigenvalue weighted by molar-refractivity contribution is 0.420. The summed E-state index contributed by atoms with van der Waals surface area (Å²) in [6, 6.07) is 4.28. The first-order valence-electron chi connectivity index (χ1n) is 5.09. The van der Waals surface area contributed by atoms with E-state index in [-0.39, 0.29) is 0 Å². The molecule has 1 aromatic heterocycles. The Labute approximate surface area is 84.9 Å². The number of aromatic nitrogens is 1. The zero-order chi connectivity index (χ0) is 10.1. The highest BCUT2D eigenvalue weighted by Gasteiger charge is 2.25. The van der Waals surface area contributed by atoms with Crippen LogP contribution in [0, 0.1) is 19.8 Å². The average molecular weight is 191 g/mol. The van der Waals surface area contributed by atoms with Gasteiger partial charge in [-0.25, -0.2) is 0 Å². The van der Waals surface area contributed by atoms with E-state index in [0.29, 0.717) is 5.92 Å². The molecule has 14 heavy (non-hydrogen) atoms. The van der Waals surface area contributed by atoms with Gasteiger partial charge in [-0.05, 0) is 32.5 Å². The third kappa shape index (κ3) is 1.73. The Hall–Kier alpha value is -1.09. The highest BCUT2D eigenvalue weighted by Crippen LogP contribution is 2.24. The first-order chi connectivity index (χ1) is 6.69. The van der Waals surface area contributed by atoms with Gasteiger partial charge in [0.15, 0.2) is 0 Å². The van der Waals surface area contributed by atoms with Gasteiger partial charge in [0.05, 0.1) is 0 Å². The quantitative estimate of drug-likeness (QED) is 0.761. The monoisotopic (exact) mass is 191 g/mol. The van der Waals surface area contributed by atoms with Crippen molar-refractivity contribution in [1.29, 1.82) is 0 Å². The van der Waals surface area contributed by atoms with Crippen LogP contribution in [-0.2, 0) is 0 Å². The molecule has 2 rings (SSSR count). The van der Waals surface area contributed by atoms with Crippen molar-refractivity contribution < 1.29 is 0 Å². The van der Waals surface area contributed by atoms with Gasteiger partial charge < -0.3 is 10.6 Å². The van der Waals surface area contributed by atoms with E-state index >= 15 is 0 Å². The minimum atomic E-state index is 0.684. The predicted molar refractivity (Wildman–Crippen MR) is 58.5 cm³/mol. The summed E-state index contributed by atoms with van der Waals surface area (Å²) in [6.45, 7) is 7.08. The van der Waals surface area contributed by atoms with Crippen molar-refractivity contribution in [2.75, 3.05) is 24.5 Å². The Kier molecular flexibility index (Phi) is 2.42. The summed E-state index contributed by atoms with van der Waals surface area (Å²) in [7, 11) is 0. The fraction of sp³-hybridized carbons (Fsp3) is 0.545. The number of hydrogen-bond donors (Lipinski definition) is 1. The van der Waals surface area contributed by atoms with E-state index < -0.39 is 0 Å². The maximum atomic E-state index is 5.59. The summed E-state index contributed by atoms with van der Waals surface area (Å²) < 4.78 is 0. The topological polar surface area (TPSA) is 42.1 Å². The van der Waals surface area contributed by atoms with Crippen LogP contribution in [0.15, 0.2) is 12.1 Å². The van der Waals surface area contributed by atoms with E-state index in [0.717, 1.165) is 31.0 Å². The van der Waals surface area contributed by atoms with Crippen molar-refractivity contribution in [3.05, 3.63) is 23.5 Å². The number of rotatable bonds is 2. The van der Waals surface area contributed by atoms with Gasteiger partial charge in [0.25, 0.3) is 0 Å². The number of hydrogen-bond acceptors (Lipinski definition) is 3. The minimum Gasteiger partial charge on any atom is -0.371 e. The van der Waals surface area contributed by atoms with E-state index in [1.807, 2.05) is 13.8 Å². The molecule has 0 amide bonds. The molecule has 0 atom stereocenters. The molecule has 0 aliphatic carbocycles. The van der Waals surface area contributed by atoms with Crippen molar-refractivity contribution in [2.24, 2.45) is 11.7 Å². The van der Waals surface area contributed by atoms with E-state index in [2.05, 4.69) is 22.0 Å². The van der Waals surface area contributed by atoms with Gasteiger partial charge in [0.2, 0.25) is 0 Å². The van der Waals surface area contributed by atoms with Crippen LogP contribution >= 0.6 is 0 Å². The van der Waals surface area contributed by atoms with Gasteiger partial charge in [0.1, 0.15) is 0 Å². The van der Waals surface area contributed by atoms with Crippen LogP contribution in [0.1, 0.15) is 11.4 Å². The van der Waals surface area contributed by atoms with E-state index in [1.54, 1.807) is 0 Å². The van der Waals surface area contributed by atoms with Crippen molar-refractivity contribution in [1.82, 2.24) is 4.98 Å². The van der Waals surface area contributed by atoms with E-state index in [9.17, 15) is 0 Å². The lowest BCUT2D eigenvalue weighted by Gasteiger charge is -2.40. The Morgan fingerprint density at radius 1 is 1.36 bits per heavy atom. The molecule has 1 aliphatic heterocycles. The molecule has 0 saturated carbocycles. The third-order valence-corrected chi connectivity index (χ3v) is 2.72. The van der Waals surface area contributed by atoms with Gasteiger partial charge in [-0.2, -0.15) is 0 Å². The van der Waals surface area contributed by atoms with Crippen LogP contribution in [0.5, 0.6) is 0 Å². The molecule has 2 heterocycles. The summed E-state index contributed by atoms with van der Waals surface area (Å²) in [5.74, 6) is 0.684. The summed E-state index contributed by atoms with van der Waals surface area (Å²) >= 11 is 0. The molecule has 0 aromatic carbocycles. The number of nitrogens with two attached hydrogens (primary N) is 1. The fourth-order valence-corrected chi connectivity index (χ4v) is 1.92. The second-order valence-corrected chi connectivity index (χ2v) is 4.11. The molecule has 1 aliphatic rings. The average Bonchev–Trinajstić information content (AvgIpc) is 2.00. The van der Waals surface area contributed by atoms with Crippen LogP contribution in [0.2, 0.25) is 0 Å². The number of anilines is 1. The van der Waals surface area contributed by atoms with Crippen LogP contribution in [-0.4, -0.2) is 24.6 Å². The summed E-state index contributed by atoms with van der Waals surface area (Å²) in [6.07, 6.45) is 0. The van der Waals surface area contributed by atoms with Crippen LogP contribution in [0.4, 0.5) is 5.69 Å². The summed E-state index contributed by atoms with van der Waals surface area (Å²) in [5.41, 5.74) is 9.07. The molecule has 1 fully saturated rings. The Morgan fingerprint density at radius 3 is 2.43 bits per heavy atom.